The fourth-order valence-corrected chi connectivity index (χ4v) is 2.20. The Morgan fingerprint density at radius 1 is 1.50 bits per heavy atom. The molecule has 0 radical (unpaired) electrons. The molecule has 1 aliphatic rings. The minimum absolute atomic E-state index is 0.280. The molecule has 1 aliphatic heterocycles. The summed E-state index contributed by atoms with van der Waals surface area (Å²) in [6, 6.07) is 3.97. The third-order valence-electron chi connectivity index (χ3n) is 3.33. The van der Waals surface area contributed by atoms with Crippen LogP contribution in [-0.4, -0.2) is 29.4 Å². The van der Waals surface area contributed by atoms with Gasteiger partial charge in [0.2, 0.25) is 0 Å². The van der Waals surface area contributed by atoms with Crippen molar-refractivity contribution in [2.75, 3.05) is 13.2 Å². The zero-order valence-electron chi connectivity index (χ0n) is 9.72. The second kappa shape index (κ2) is 5.41. The van der Waals surface area contributed by atoms with E-state index in [-0.39, 0.29) is 6.10 Å². The summed E-state index contributed by atoms with van der Waals surface area (Å²) in [4.78, 5) is 4.32. The molecule has 1 atom stereocenters. The molecular weight excluding hydrogens is 202 g/mol. The van der Waals surface area contributed by atoms with E-state index >= 15 is 0 Å². The number of ether oxygens (including phenoxy) is 1. The Kier molecular flexibility index (Phi) is 3.91. The van der Waals surface area contributed by atoms with Gasteiger partial charge in [0.05, 0.1) is 6.10 Å². The Labute approximate surface area is 96.5 Å². The molecule has 2 rings (SSSR count). The van der Waals surface area contributed by atoms with Gasteiger partial charge >= 0.3 is 0 Å². The van der Waals surface area contributed by atoms with E-state index in [0.717, 1.165) is 37.3 Å². The minimum Gasteiger partial charge on any atom is -0.392 e. The Morgan fingerprint density at radius 3 is 2.94 bits per heavy atom. The van der Waals surface area contributed by atoms with Gasteiger partial charge in [0.15, 0.2) is 0 Å². The van der Waals surface area contributed by atoms with Gasteiger partial charge in [-0.05, 0) is 37.3 Å². The Balaban J connectivity index is 1.96. The van der Waals surface area contributed by atoms with Crippen molar-refractivity contribution >= 4 is 0 Å². The number of rotatable bonds is 3. The van der Waals surface area contributed by atoms with Crippen LogP contribution in [0.2, 0.25) is 0 Å². The first-order chi connectivity index (χ1) is 7.77. The minimum atomic E-state index is -0.280. The molecular formula is C13H19NO2. The van der Waals surface area contributed by atoms with Crippen molar-refractivity contribution in [3.05, 3.63) is 29.6 Å². The summed E-state index contributed by atoms with van der Waals surface area (Å²) in [5.74, 6) is 0.371. The molecule has 16 heavy (non-hydrogen) atoms. The van der Waals surface area contributed by atoms with Crippen LogP contribution in [0.3, 0.4) is 0 Å². The van der Waals surface area contributed by atoms with Gasteiger partial charge in [0.1, 0.15) is 0 Å². The molecule has 1 saturated heterocycles. The van der Waals surface area contributed by atoms with E-state index in [1.54, 1.807) is 6.20 Å². The van der Waals surface area contributed by atoms with E-state index in [0.29, 0.717) is 12.3 Å². The molecule has 3 heteroatoms. The van der Waals surface area contributed by atoms with Gasteiger partial charge in [0.25, 0.3) is 0 Å². The van der Waals surface area contributed by atoms with Gasteiger partial charge in [-0.25, -0.2) is 0 Å². The summed E-state index contributed by atoms with van der Waals surface area (Å²) < 4.78 is 5.30. The standard InChI is InChI=1S/C13H19NO2/c1-10-3-2-6-14-12(10)9-13(15)11-4-7-16-8-5-11/h2-3,6,11,13,15H,4-5,7-9H2,1H3. The summed E-state index contributed by atoms with van der Waals surface area (Å²) in [5, 5.41) is 10.2. The summed E-state index contributed by atoms with van der Waals surface area (Å²) in [6.07, 6.45) is 4.11. The lowest BCUT2D eigenvalue weighted by molar-refractivity contribution is 0.00801. The van der Waals surface area contributed by atoms with Crippen molar-refractivity contribution in [3.8, 4) is 0 Å². The maximum atomic E-state index is 10.2. The number of aryl methyl sites for hydroxylation is 1. The van der Waals surface area contributed by atoms with Gasteiger partial charge in [-0.1, -0.05) is 6.07 Å². The van der Waals surface area contributed by atoms with E-state index in [9.17, 15) is 5.11 Å². The predicted molar refractivity (Wildman–Crippen MR) is 62.2 cm³/mol. The third kappa shape index (κ3) is 2.80. The van der Waals surface area contributed by atoms with E-state index < -0.39 is 0 Å². The number of nitrogens with zero attached hydrogens (tertiary/aromatic N) is 1. The highest BCUT2D eigenvalue weighted by atomic mass is 16.5. The number of aromatic nitrogens is 1. The number of hydrogen-bond acceptors (Lipinski definition) is 3. The van der Waals surface area contributed by atoms with E-state index in [2.05, 4.69) is 4.98 Å². The second-order valence-electron chi connectivity index (χ2n) is 4.49. The van der Waals surface area contributed by atoms with Gasteiger partial charge in [-0.3, -0.25) is 4.98 Å². The molecule has 1 aromatic rings. The molecule has 1 fully saturated rings. The number of aliphatic hydroxyl groups is 1. The average molecular weight is 221 g/mol. The molecule has 0 aliphatic carbocycles. The Bertz CT molecular complexity index is 334. The molecule has 2 heterocycles. The van der Waals surface area contributed by atoms with Crippen LogP contribution >= 0.6 is 0 Å². The number of pyridine rings is 1. The van der Waals surface area contributed by atoms with Gasteiger partial charge in [0, 0.05) is 31.5 Å². The molecule has 3 nitrogen and oxygen atoms in total. The van der Waals surface area contributed by atoms with E-state index in [4.69, 9.17) is 4.74 Å². The van der Waals surface area contributed by atoms with Crippen LogP contribution in [0.1, 0.15) is 24.1 Å². The van der Waals surface area contributed by atoms with E-state index in [1.807, 2.05) is 19.1 Å². The van der Waals surface area contributed by atoms with Crippen LogP contribution < -0.4 is 0 Å². The molecule has 1 N–H and O–H groups in total. The topological polar surface area (TPSA) is 42.4 Å². The fourth-order valence-electron chi connectivity index (χ4n) is 2.20. The second-order valence-corrected chi connectivity index (χ2v) is 4.49. The maximum absolute atomic E-state index is 10.2. The monoisotopic (exact) mass is 221 g/mol. The lowest BCUT2D eigenvalue weighted by atomic mass is 9.90. The lowest BCUT2D eigenvalue weighted by Gasteiger charge is -2.26. The summed E-state index contributed by atoms with van der Waals surface area (Å²) in [5.41, 5.74) is 2.18. The molecule has 0 bridgehead atoms. The molecule has 1 aromatic heterocycles. The smallest absolute Gasteiger partial charge is 0.0625 e. The van der Waals surface area contributed by atoms with Crippen molar-refractivity contribution in [2.24, 2.45) is 5.92 Å². The first kappa shape index (κ1) is 11.6. The van der Waals surface area contributed by atoms with Gasteiger partial charge in [-0.15, -0.1) is 0 Å². The summed E-state index contributed by atoms with van der Waals surface area (Å²) in [7, 11) is 0. The lowest BCUT2D eigenvalue weighted by Crippen LogP contribution is -2.29. The Morgan fingerprint density at radius 2 is 2.25 bits per heavy atom. The molecule has 0 spiro atoms. The van der Waals surface area contributed by atoms with E-state index in [1.165, 1.54) is 0 Å². The summed E-state index contributed by atoms with van der Waals surface area (Å²) >= 11 is 0. The van der Waals surface area contributed by atoms with Crippen LogP contribution in [0.4, 0.5) is 0 Å². The summed E-state index contributed by atoms with van der Waals surface area (Å²) in [6.45, 7) is 3.60. The van der Waals surface area contributed by atoms with Crippen LogP contribution in [0, 0.1) is 12.8 Å². The zero-order valence-corrected chi connectivity index (χ0v) is 9.72. The largest absolute Gasteiger partial charge is 0.392 e. The van der Waals surface area contributed by atoms with Crippen molar-refractivity contribution in [2.45, 2.75) is 32.3 Å². The third-order valence-corrected chi connectivity index (χ3v) is 3.33. The molecule has 88 valence electrons. The fraction of sp³-hybridized carbons (Fsp3) is 0.615. The normalized spacial score (nSPS) is 19.6. The van der Waals surface area contributed by atoms with Crippen molar-refractivity contribution < 1.29 is 9.84 Å². The molecule has 0 amide bonds. The van der Waals surface area contributed by atoms with Crippen molar-refractivity contribution in [3.63, 3.8) is 0 Å². The molecule has 0 aromatic carbocycles. The van der Waals surface area contributed by atoms with Gasteiger partial charge in [-0.2, -0.15) is 0 Å². The highest BCUT2D eigenvalue weighted by Gasteiger charge is 2.22. The van der Waals surface area contributed by atoms with Crippen molar-refractivity contribution in [1.82, 2.24) is 4.98 Å². The van der Waals surface area contributed by atoms with Crippen LogP contribution in [0.15, 0.2) is 18.3 Å². The quantitative estimate of drug-likeness (QED) is 0.845. The predicted octanol–water partition coefficient (Wildman–Crippen LogP) is 1.72. The van der Waals surface area contributed by atoms with Crippen molar-refractivity contribution in [1.29, 1.82) is 0 Å². The SMILES string of the molecule is Cc1cccnc1CC(O)C1CCOCC1. The van der Waals surface area contributed by atoms with Crippen LogP contribution in [0.25, 0.3) is 0 Å². The zero-order chi connectivity index (χ0) is 11.4. The number of hydrogen-bond donors (Lipinski definition) is 1. The van der Waals surface area contributed by atoms with Crippen LogP contribution in [-0.2, 0) is 11.2 Å². The maximum Gasteiger partial charge on any atom is 0.0625 e. The van der Waals surface area contributed by atoms with Gasteiger partial charge < -0.3 is 9.84 Å². The number of aliphatic hydroxyl groups excluding tert-OH is 1. The Hall–Kier alpha value is -0.930. The highest BCUT2D eigenvalue weighted by molar-refractivity contribution is 5.18. The van der Waals surface area contributed by atoms with Crippen LogP contribution in [0.5, 0.6) is 0 Å². The highest BCUT2D eigenvalue weighted by Crippen LogP contribution is 2.21. The first-order valence-electron chi connectivity index (χ1n) is 5.93. The average Bonchev–Trinajstić information content (AvgIpc) is 2.33. The molecule has 1 unspecified atom stereocenters. The first-order valence-corrected chi connectivity index (χ1v) is 5.93. The molecule has 0 saturated carbocycles.